The number of rotatable bonds is 5. The van der Waals surface area contributed by atoms with E-state index in [-0.39, 0.29) is 5.91 Å². The molecule has 0 radical (unpaired) electrons. The molecule has 0 saturated carbocycles. The maximum atomic E-state index is 12.1. The average molecular weight is 289 g/mol. The molecule has 21 heavy (non-hydrogen) atoms. The average Bonchev–Trinajstić information content (AvgIpc) is 2.54. The lowest BCUT2D eigenvalue weighted by Crippen LogP contribution is -2.34. The zero-order valence-corrected chi connectivity index (χ0v) is 12.8. The molecule has 0 atom stereocenters. The van der Waals surface area contributed by atoms with Gasteiger partial charge in [0.05, 0.1) is 13.7 Å². The van der Waals surface area contributed by atoms with Gasteiger partial charge in [-0.15, -0.1) is 0 Å². The number of piperidine rings is 1. The molecule has 4 heteroatoms. The SMILES string of the molecule is CCOc1cc(/C=C/C(=O)N2CCCCC2)ccc1OC. The van der Waals surface area contributed by atoms with E-state index in [1.54, 1.807) is 13.2 Å². The van der Waals surface area contributed by atoms with Crippen molar-refractivity contribution >= 4 is 12.0 Å². The second-order valence-corrected chi connectivity index (χ2v) is 5.06. The van der Waals surface area contributed by atoms with Crippen molar-refractivity contribution in [1.29, 1.82) is 0 Å². The quantitative estimate of drug-likeness (QED) is 0.782. The molecule has 1 aliphatic heterocycles. The van der Waals surface area contributed by atoms with E-state index < -0.39 is 0 Å². The van der Waals surface area contributed by atoms with Crippen molar-refractivity contribution in [3.8, 4) is 11.5 Å². The Labute approximate surface area is 126 Å². The molecule has 1 aromatic rings. The summed E-state index contributed by atoms with van der Waals surface area (Å²) in [5.41, 5.74) is 0.935. The molecule has 0 aromatic heterocycles. The molecule has 0 bridgehead atoms. The van der Waals surface area contributed by atoms with Gasteiger partial charge >= 0.3 is 0 Å². The molecule has 0 aliphatic carbocycles. The van der Waals surface area contributed by atoms with Gasteiger partial charge in [0.1, 0.15) is 0 Å². The number of amides is 1. The Bertz CT molecular complexity index is 505. The summed E-state index contributed by atoms with van der Waals surface area (Å²) in [5.74, 6) is 1.49. The molecule has 0 N–H and O–H groups in total. The molecule has 114 valence electrons. The molecule has 0 spiro atoms. The van der Waals surface area contributed by atoms with Crippen LogP contribution in [0.5, 0.6) is 11.5 Å². The van der Waals surface area contributed by atoms with Gasteiger partial charge in [0.25, 0.3) is 0 Å². The zero-order valence-electron chi connectivity index (χ0n) is 12.8. The number of hydrogen-bond donors (Lipinski definition) is 0. The fourth-order valence-corrected chi connectivity index (χ4v) is 2.45. The fourth-order valence-electron chi connectivity index (χ4n) is 2.45. The van der Waals surface area contributed by atoms with E-state index >= 15 is 0 Å². The van der Waals surface area contributed by atoms with Crippen LogP contribution < -0.4 is 9.47 Å². The lowest BCUT2D eigenvalue weighted by molar-refractivity contribution is -0.126. The van der Waals surface area contributed by atoms with Gasteiger partial charge in [0.2, 0.25) is 5.91 Å². The zero-order chi connectivity index (χ0) is 15.1. The van der Waals surface area contributed by atoms with Crippen LogP contribution in [0, 0.1) is 0 Å². The second kappa shape index (κ2) is 7.72. The van der Waals surface area contributed by atoms with E-state index in [0.29, 0.717) is 18.1 Å². The molecule has 1 aliphatic rings. The molecule has 0 unspecified atom stereocenters. The third-order valence-electron chi connectivity index (χ3n) is 3.57. The number of benzene rings is 1. The lowest BCUT2D eigenvalue weighted by atomic mass is 10.1. The number of ether oxygens (including phenoxy) is 2. The fraction of sp³-hybridized carbons (Fsp3) is 0.471. The third kappa shape index (κ3) is 4.25. The molecular weight excluding hydrogens is 266 g/mol. The minimum Gasteiger partial charge on any atom is -0.493 e. The summed E-state index contributed by atoms with van der Waals surface area (Å²) in [7, 11) is 1.62. The van der Waals surface area contributed by atoms with E-state index in [1.807, 2.05) is 36.1 Å². The van der Waals surface area contributed by atoms with Crippen molar-refractivity contribution in [3.05, 3.63) is 29.8 Å². The summed E-state index contributed by atoms with van der Waals surface area (Å²) in [6.45, 7) is 4.25. The summed E-state index contributed by atoms with van der Waals surface area (Å²) in [6.07, 6.45) is 6.92. The van der Waals surface area contributed by atoms with Crippen molar-refractivity contribution in [2.75, 3.05) is 26.8 Å². The smallest absolute Gasteiger partial charge is 0.246 e. The highest BCUT2D eigenvalue weighted by atomic mass is 16.5. The van der Waals surface area contributed by atoms with Crippen LogP contribution in [0.15, 0.2) is 24.3 Å². The number of hydrogen-bond acceptors (Lipinski definition) is 3. The number of carbonyl (C=O) groups is 1. The Hall–Kier alpha value is -1.97. The first-order valence-electron chi connectivity index (χ1n) is 7.52. The molecule has 2 rings (SSSR count). The first kappa shape index (κ1) is 15.4. The Kier molecular flexibility index (Phi) is 5.67. The van der Waals surface area contributed by atoms with Crippen molar-refractivity contribution in [2.45, 2.75) is 26.2 Å². The van der Waals surface area contributed by atoms with E-state index in [1.165, 1.54) is 6.42 Å². The molecule has 1 fully saturated rings. The van der Waals surface area contributed by atoms with Crippen LogP contribution in [-0.4, -0.2) is 37.6 Å². The van der Waals surface area contributed by atoms with Crippen LogP contribution >= 0.6 is 0 Å². The topological polar surface area (TPSA) is 38.8 Å². The molecule has 1 heterocycles. The Balaban J connectivity index is 2.05. The summed E-state index contributed by atoms with van der Waals surface area (Å²) >= 11 is 0. The Morgan fingerprint density at radius 1 is 1.24 bits per heavy atom. The van der Waals surface area contributed by atoms with Gasteiger partial charge in [-0.25, -0.2) is 0 Å². The highest BCUT2D eigenvalue weighted by molar-refractivity contribution is 5.91. The maximum Gasteiger partial charge on any atom is 0.246 e. The number of carbonyl (C=O) groups excluding carboxylic acids is 1. The summed E-state index contributed by atoms with van der Waals surface area (Å²) in [5, 5.41) is 0. The third-order valence-corrected chi connectivity index (χ3v) is 3.57. The van der Waals surface area contributed by atoms with Crippen LogP contribution in [0.4, 0.5) is 0 Å². The van der Waals surface area contributed by atoms with Gasteiger partial charge in [0, 0.05) is 19.2 Å². The van der Waals surface area contributed by atoms with Gasteiger partial charge in [-0.2, -0.15) is 0 Å². The van der Waals surface area contributed by atoms with Crippen molar-refractivity contribution in [3.63, 3.8) is 0 Å². The van der Waals surface area contributed by atoms with E-state index in [0.717, 1.165) is 31.5 Å². The first-order valence-corrected chi connectivity index (χ1v) is 7.52. The van der Waals surface area contributed by atoms with Crippen LogP contribution in [0.3, 0.4) is 0 Å². The molecule has 1 aromatic carbocycles. The maximum absolute atomic E-state index is 12.1. The number of likely N-dealkylation sites (tertiary alicyclic amines) is 1. The van der Waals surface area contributed by atoms with Gasteiger partial charge in [-0.3, -0.25) is 4.79 Å². The molecule has 1 amide bonds. The Morgan fingerprint density at radius 2 is 2.00 bits per heavy atom. The molecule has 4 nitrogen and oxygen atoms in total. The normalized spacial score (nSPS) is 15.2. The predicted molar refractivity (Wildman–Crippen MR) is 83.6 cm³/mol. The summed E-state index contributed by atoms with van der Waals surface area (Å²) < 4.78 is 10.8. The highest BCUT2D eigenvalue weighted by Crippen LogP contribution is 2.28. The molecular formula is C17H23NO3. The van der Waals surface area contributed by atoms with E-state index in [4.69, 9.17) is 9.47 Å². The van der Waals surface area contributed by atoms with Gasteiger partial charge in [0.15, 0.2) is 11.5 Å². The first-order chi connectivity index (χ1) is 10.2. The minimum atomic E-state index is 0.0866. The number of nitrogens with zero attached hydrogens (tertiary/aromatic N) is 1. The number of methoxy groups -OCH3 is 1. The van der Waals surface area contributed by atoms with Crippen molar-refractivity contribution in [1.82, 2.24) is 4.90 Å². The van der Waals surface area contributed by atoms with Crippen LogP contribution in [-0.2, 0) is 4.79 Å². The van der Waals surface area contributed by atoms with Crippen molar-refractivity contribution in [2.24, 2.45) is 0 Å². The summed E-state index contributed by atoms with van der Waals surface area (Å²) in [6, 6.07) is 5.67. The monoisotopic (exact) mass is 289 g/mol. The van der Waals surface area contributed by atoms with E-state index in [2.05, 4.69) is 0 Å². The van der Waals surface area contributed by atoms with Gasteiger partial charge < -0.3 is 14.4 Å². The Morgan fingerprint density at radius 3 is 2.67 bits per heavy atom. The van der Waals surface area contributed by atoms with Crippen molar-refractivity contribution < 1.29 is 14.3 Å². The van der Waals surface area contributed by atoms with Crippen LogP contribution in [0.25, 0.3) is 6.08 Å². The lowest BCUT2D eigenvalue weighted by Gasteiger charge is -2.25. The van der Waals surface area contributed by atoms with E-state index in [9.17, 15) is 4.79 Å². The van der Waals surface area contributed by atoms with Gasteiger partial charge in [-0.05, 0) is 50.0 Å². The standard InChI is InChI=1S/C17H23NO3/c1-3-21-16-13-14(7-9-15(16)20-2)8-10-17(19)18-11-5-4-6-12-18/h7-10,13H,3-6,11-12H2,1-2H3/b10-8+. The molecule has 1 saturated heterocycles. The highest BCUT2D eigenvalue weighted by Gasteiger charge is 2.13. The largest absolute Gasteiger partial charge is 0.493 e. The summed E-state index contributed by atoms with van der Waals surface area (Å²) in [4.78, 5) is 14.0. The van der Waals surface area contributed by atoms with Crippen LogP contribution in [0.1, 0.15) is 31.7 Å². The van der Waals surface area contributed by atoms with Crippen LogP contribution in [0.2, 0.25) is 0 Å². The minimum absolute atomic E-state index is 0.0866. The second-order valence-electron chi connectivity index (χ2n) is 5.06. The predicted octanol–water partition coefficient (Wildman–Crippen LogP) is 3.12. The van der Waals surface area contributed by atoms with Gasteiger partial charge in [-0.1, -0.05) is 6.07 Å².